The second kappa shape index (κ2) is 7.90. The fourth-order valence-corrected chi connectivity index (χ4v) is 3.76. The minimum Gasteiger partial charge on any atom is -0.326 e. The molecule has 0 fully saturated rings. The highest BCUT2D eigenvalue weighted by molar-refractivity contribution is 7.89. The van der Waals surface area contributed by atoms with Crippen molar-refractivity contribution in [1.29, 1.82) is 0 Å². The molecular weight excluding hydrogens is 314 g/mol. The van der Waals surface area contributed by atoms with Gasteiger partial charge in [-0.1, -0.05) is 6.07 Å². The van der Waals surface area contributed by atoms with Gasteiger partial charge in [-0.3, -0.25) is 4.79 Å². The van der Waals surface area contributed by atoms with E-state index in [0.717, 1.165) is 13.0 Å². The normalized spacial score (nSPS) is 12.2. The van der Waals surface area contributed by atoms with Crippen LogP contribution < -0.4 is 15.4 Å². The van der Waals surface area contributed by atoms with Crippen LogP contribution in [-0.2, 0) is 14.8 Å². The smallest absolute Gasteiger partial charge is 0.241 e. The van der Waals surface area contributed by atoms with Gasteiger partial charge >= 0.3 is 0 Å². The maximum atomic E-state index is 12.5. The molecule has 6 nitrogen and oxygen atoms in total. The van der Waals surface area contributed by atoms with Crippen molar-refractivity contribution in [3.63, 3.8) is 0 Å². The Labute approximate surface area is 139 Å². The largest absolute Gasteiger partial charge is 0.326 e. The van der Waals surface area contributed by atoms with Crippen molar-refractivity contribution >= 4 is 21.6 Å². The number of hydrogen-bond donors (Lipinski definition) is 3. The SMILES string of the molecule is CNCCCC(=O)Nc1ccc(C)c(S(=O)(=O)NC(C)(C)C)c1. The number of sulfonamides is 1. The third-order valence-electron chi connectivity index (χ3n) is 3.03. The fraction of sp³-hybridized carbons (Fsp3) is 0.562. The van der Waals surface area contributed by atoms with Crippen LogP contribution in [0.25, 0.3) is 0 Å². The van der Waals surface area contributed by atoms with Crippen molar-refractivity contribution in [2.45, 2.75) is 51.0 Å². The summed E-state index contributed by atoms with van der Waals surface area (Å²) in [6, 6.07) is 4.90. The van der Waals surface area contributed by atoms with E-state index in [2.05, 4.69) is 15.4 Å². The molecular formula is C16H27N3O3S. The molecule has 0 atom stereocenters. The summed E-state index contributed by atoms with van der Waals surface area (Å²) in [5, 5.41) is 5.72. The summed E-state index contributed by atoms with van der Waals surface area (Å²) in [6.45, 7) is 7.85. The molecule has 1 amide bonds. The number of nitrogens with one attached hydrogen (secondary N) is 3. The van der Waals surface area contributed by atoms with Crippen molar-refractivity contribution in [3.8, 4) is 0 Å². The van der Waals surface area contributed by atoms with Crippen molar-refractivity contribution in [3.05, 3.63) is 23.8 Å². The zero-order valence-corrected chi connectivity index (χ0v) is 15.3. The zero-order chi connectivity index (χ0) is 17.7. The molecule has 0 aliphatic rings. The number of hydrogen-bond acceptors (Lipinski definition) is 4. The monoisotopic (exact) mass is 341 g/mol. The van der Waals surface area contributed by atoms with E-state index >= 15 is 0 Å². The van der Waals surface area contributed by atoms with Gasteiger partial charge in [0.15, 0.2) is 0 Å². The average Bonchev–Trinajstić information content (AvgIpc) is 2.38. The molecule has 0 aliphatic heterocycles. The third kappa shape index (κ3) is 6.68. The van der Waals surface area contributed by atoms with Crippen LogP contribution in [0.15, 0.2) is 23.1 Å². The van der Waals surface area contributed by atoms with Crippen molar-refractivity contribution in [1.82, 2.24) is 10.0 Å². The molecule has 0 heterocycles. The number of carbonyl (C=O) groups excluding carboxylic acids is 1. The Balaban J connectivity index is 2.93. The number of aryl methyl sites for hydroxylation is 1. The van der Waals surface area contributed by atoms with Crippen molar-refractivity contribution in [2.75, 3.05) is 18.9 Å². The molecule has 130 valence electrons. The summed E-state index contributed by atoms with van der Waals surface area (Å²) in [4.78, 5) is 12.0. The van der Waals surface area contributed by atoms with Gasteiger partial charge < -0.3 is 10.6 Å². The summed E-state index contributed by atoms with van der Waals surface area (Å²) >= 11 is 0. The standard InChI is InChI=1S/C16H27N3O3S/c1-12-8-9-13(18-15(20)7-6-10-17-5)11-14(12)23(21,22)19-16(2,3)4/h8-9,11,17,19H,6-7,10H2,1-5H3,(H,18,20). The fourth-order valence-electron chi connectivity index (χ4n) is 2.07. The van der Waals surface area contributed by atoms with Crippen LogP contribution in [0.2, 0.25) is 0 Å². The molecule has 23 heavy (non-hydrogen) atoms. The number of amides is 1. The lowest BCUT2D eigenvalue weighted by molar-refractivity contribution is -0.116. The van der Waals surface area contributed by atoms with E-state index in [0.29, 0.717) is 17.7 Å². The van der Waals surface area contributed by atoms with Crippen LogP contribution in [-0.4, -0.2) is 33.5 Å². The molecule has 1 aromatic carbocycles. The maximum Gasteiger partial charge on any atom is 0.241 e. The van der Waals surface area contributed by atoms with E-state index in [-0.39, 0.29) is 10.8 Å². The highest BCUT2D eigenvalue weighted by Crippen LogP contribution is 2.21. The first kappa shape index (κ1) is 19.6. The second-order valence-electron chi connectivity index (χ2n) is 6.59. The van der Waals surface area contributed by atoms with E-state index in [4.69, 9.17) is 0 Å². The second-order valence-corrected chi connectivity index (χ2v) is 8.24. The Hall–Kier alpha value is -1.44. The lowest BCUT2D eigenvalue weighted by Crippen LogP contribution is -2.40. The van der Waals surface area contributed by atoms with E-state index in [1.54, 1.807) is 39.8 Å². The van der Waals surface area contributed by atoms with Gasteiger partial charge in [-0.25, -0.2) is 13.1 Å². The number of rotatable bonds is 7. The van der Waals surface area contributed by atoms with Gasteiger partial charge in [0.05, 0.1) is 4.90 Å². The average molecular weight is 341 g/mol. The Morgan fingerprint density at radius 3 is 2.43 bits per heavy atom. The Morgan fingerprint density at radius 1 is 1.22 bits per heavy atom. The predicted molar refractivity (Wildman–Crippen MR) is 93.0 cm³/mol. The van der Waals surface area contributed by atoms with Gasteiger partial charge in [0.1, 0.15) is 0 Å². The molecule has 0 saturated carbocycles. The molecule has 0 aliphatic carbocycles. The quantitative estimate of drug-likeness (QED) is 0.662. The molecule has 0 saturated heterocycles. The minimum atomic E-state index is -3.64. The summed E-state index contributed by atoms with van der Waals surface area (Å²) in [6.07, 6.45) is 1.11. The van der Waals surface area contributed by atoms with Crippen molar-refractivity contribution in [2.24, 2.45) is 0 Å². The Kier molecular flexibility index (Phi) is 6.73. The van der Waals surface area contributed by atoms with Crippen LogP contribution in [0.5, 0.6) is 0 Å². The minimum absolute atomic E-state index is 0.128. The maximum absolute atomic E-state index is 12.5. The Morgan fingerprint density at radius 2 is 1.87 bits per heavy atom. The lowest BCUT2D eigenvalue weighted by Gasteiger charge is -2.21. The zero-order valence-electron chi connectivity index (χ0n) is 14.5. The highest BCUT2D eigenvalue weighted by atomic mass is 32.2. The first-order valence-corrected chi connectivity index (χ1v) is 9.12. The highest BCUT2D eigenvalue weighted by Gasteiger charge is 2.24. The summed E-state index contributed by atoms with van der Waals surface area (Å²) < 4.78 is 27.6. The lowest BCUT2D eigenvalue weighted by atomic mass is 10.1. The molecule has 0 bridgehead atoms. The molecule has 0 unspecified atom stereocenters. The third-order valence-corrected chi connectivity index (χ3v) is 4.93. The van der Waals surface area contributed by atoms with Crippen LogP contribution in [0.3, 0.4) is 0 Å². The van der Waals surface area contributed by atoms with Crippen LogP contribution in [0, 0.1) is 6.92 Å². The summed E-state index contributed by atoms with van der Waals surface area (Å²) in [7, 11) is -1.81. The molecule has 0 spiro atoms. The number of carbonyl (C=O) groups is 1. The molecule has 3 N–H and O–H groups in total. The first-order chi connectivity index (χ1) is 10.5. The van der Waals surface area contributed by atoms with Crippen LogP contribution in [0.4, 0.5) is 5.69 Å². The first-order valence-electron chi connectivity index (χ1n) is 7.64. The van der Waals surface area contributed by atoms with Gasteiger partial charge in [-0.15, -0.1) is 0 Å². The predicted octanol–water partition coefficient (Wildman–Crippen LogP) is 2.01. The molecule has 7 heteroatoms. The number of benzene rings is 1. The number of anilines is 1. The van der Waals surface area contributed by atoms with Gasteiger partial charge in [0, 0.05) is 17.6 Å². The van der Waals surface area contributed by atoms with Crippen LogP contribution in [0.1, 0.15) is 39.2 Å². The summed E-state index contributed by atoms with van der Waals surface area (Å²) in [5.74, 6) is -0.128. The Bertz CT molecular complexity index is 649. The van der Waals surface area contributed by atoms with Gasteiger partial charge in [-0.2, -0.15) is 0 Å². The van der Waals surface area contributed by atoms with Gasteiger partial charge in [0.25, 0.3) is 0 Å². The summed E-state index contributed by atoms with van der Waals surface area (Å²) in [5.41, 5.74) is 0.548. The van der Waals surface area contributed by atoms with E-state index < -0.39 is 15.6 Å². The molecule has 1 rings (SSSR count). The van der Waals surface area contributed by atoms with Crippen LogP contribution >= 0.6 is 0 Å². The molecule has 0 radical (unpaired) electrons. The van der Waals surface area contributed by atoms with E-state index in [9.17, 15) is 13.2 Å². The van der Waals surface area contributed by atoms with Gasteiger partial charge in [-0.05, 0) is 65.4 Å². The molecule has 0 aromatic heterocycles. The van der Waals surface area contributed by atoms with Gasteiger partial charge in [0.2, 0.25) is 15.9 Å². The van der Waals surface area contributed by atoms with E-state index in [1.807, 2.05) is 7.05 Å². The van der Waals surface area contributed by atoms with Crippen molar-refractivity contribution < 1.29 is 13.2 Å². The van der Waals surface area contributed by atoms with E-state index in [1.165, 1.54) is 6.07 Å². The molecule has 1 aromatic rings. The topological polar surface area (TPSA) is 87.3 Å².